The van der Waals surface area contributed by atoms with Crippen LogP contribution in [0.25, 0.3) is 0 Å². The maximum Gasteiger partial charge on any atom is 0.157 e. The number of halogens is 1. The lowest BCUT2D eigenvalue weighted by Gasteiger charge is -2.19. The average Bonchev–Trinajstić information content (AvgIpc) is 2.87. The van der Waals surface area contributed by atoms with Crippen LogP contribution in [0.2, 0.25) is 0 Å². The summed E-state index contributed by atoms with van der Waals surface area (Å²) in [6, 6.07) is 0. The lowest BCUT2D eigenvalue weighted by atomic mass is 10.1. The molecule has 0 aromatic rings. The van der Waals surface area contributed by atoms with E-state index in [1.54, 1.807) is 0 Å². The van der Waals surface area contributed by atoms with Gasteiger partial charge in [-0.1, -0.05) is 151 Å². The van der Waals surface area contributed by atoms with Crippen LogP contribution in [0.4, 0.5) is 0 Å². The molecule has 0 spiro atoms. The van der Waals surface area contributed by atoms with Gasteiger partial charge in [0.2, 0.25) is 0 Å². The van der Waals surface area contributed by atoms with Gasteiger partial charge in [-0.15, -0.1) is 0 Å². The van der Waals surface area contributed by atoms with Crippen LogP contribution >= 0.6 is 15.9 Å². The van der Waals surface area contributed by atoms with Crippen LogP contribution in [-0.4, -0.2) is 24.8 Å². The molecule has 0 heterocycles. The minimum atomic E-state index is 0.0292. The van der Waals surface area contributed by atoms with Crippen molar-refractivity contribution < 1.29 is 9.47 Å². The number of hydrogen-bond donors (Lipinski definition) is 0. The Morgan fingerprint density at radius 3 is 1.37 bits per heavy atom. The molecule has 0 fully saturated rings. The van der Waals surface area contributed by atoms with Crippen molar-refractivity contribution in [3.63, 3.8) is 0 Å². The molecular weight excluding hydrogens is 496 g/mol. The van der Waals surface area contributed by atoms with Crippen molar-refractivity contribution >= 4 is 15.9 Å². The fourth-order valence-corrected chi connectivity index (χ4v) is 4.78. The molecule has 0 radical (unpaired) electrons. The summed E-state index contributed by atoms with van der Waals surface area (Å²) in [5.74, 6) is 0. The molecule has 0 atom stereocenters. The van der Waals surface area contributed by atoms with Gasteiger partial charge in [-0.25, -0.2) is 0 Å². The Morgan fingerprint density at radius 2 is 0.886 bits per heavy atom. The molecule has 0 aliphatic carbocycles. The van der Waals surface area contributed by atoms with Gasteiger partial charge in [-0.2, -0.15) is 0 Å². The highest BCUT2D eigenvalue weighted by molar-refractivity contribution is 9.09. The summed E-state index contributed by atoms with van der Waals surface area (Å²) in [5.41, 5.74) is 0. The fraction of sp³-hybridized carbons (Fsp3) is 0.938. The van der Waals surface area contributed by atoms with E-state index in [9.17, 15) is 0 Å². The monoisotopic (exact) mass is 558 g/mol. The molecule has 0 aliphatic rings. The van der Waals surface area contributed by atoms with Crippen molar-refractivity contribution in [3.05, 3.63) is 12.2 Å². The molecule has 0 aliphatic heterocycles. The van der Waals surface area contributed by atoms with E-state index in [1.807, 2.05) is 0 Å². The highest BCUT2D eigenvalue weighted by Crippen LogP contribution is 2.15. The molecule has 0 saturated heterocycles. The van der Waals surface area contributed by atoms with Gasteiger partial charge in [0.1, 0.15) is 0 Å². The van der Waals surface area contributed by atoms with E-state index in [1.165, 1.54) is 141 Å². The third kappa shape index (κ3) is 30.3. The number of allylic oxidation sites excluding steroid dienone is 2. The Bertz CT molecular complexity index is 379. The molecule has 35 heavy (non-hydrogen) atoms. The van der Waals surface area contributed by atoms with E-state index in [-0.39, 0.29) is 6.29 Å². The molecule has 0 bridgehead atoms. The third-order valence-corrected chi connectivity index (χ3v) is 7.31. The van der Waals surface area contributed by atoms with Gasteiger partial charge in [0.25, 0.3) is 0 Å². The number of alkyl halides is 1. The first-order valence-electron chi connectivity index (χ1n) is 15.8. The summed E-state index contributed by atoms with van der Waals surface area (Å²) >= 11 is 3.47. The van der Waals surface area contributed by atoms with Crippen molar-refractivity contribution in [2.75, 3.05) is 18.5 Å². The molecule has 0 N–H and O–H groups in total. The lowest BCUT2D eigenvalue weighted by Crippen LogP contribution is -2.19. The van der Waals surface area contributed by atoms with Crippen molar-refractivity contribution in [1.82, 2.24) is 0 Å². The molecule has 0 unspecified atom stereocenters. The first-order valence-corrected chi connectivity index (χ1v) is 16.9. The quantitative estimate of drug-likeness (QED) is 0.0377. The van der Waals surface area contributed by atoms with Crippen LogP contribution in [0.3, 0.4) is 0 Å². The summed E-state index contributed by atoms with van der Waals surface area (Å²) in [5, 5.41) is 1.08. The molecule has 3 heteroatoms. The summed E-state index contributed by atoms with van der Waals surface area (Å²) in [4.78, 5) is 0. The smallest absolute Gasteiger partial charge is 0.157 e. The van der Waals surface area contributed by atoms with Crippen molar-refractivity contribution in [2.24, 2.45) is 0 Å². The van der Waals surface area contributed by atoms with E-state index in [2.05, 4.69) is 41.9 Å². The topological polar surface area (TPSA) is 18.5 Å². The molecular formula is C32H63BrO2. The van der Waals surface area contributed by atoms with Gasteiger partial charge < -0.3 is 9.47 Å². The van der Waals surface area contributed by atoms with Gasteiger partial charge in [0, 0.05) is 18.5 Å². The maximum atomic E-state index is 6.20. The Kier molecular flexibility index (Phi) is 32.3. The second-order valence-electron chi connectivity index (χ2n) is 10.4. The minimum Gasteiger partial charge on any atom is -0.353 e. The molecule has 0 saturated carbocycles. The molecule has 0 amide bonds. The lowest BCUT2D eigenvalue weighted by molar-refractivity contribution is -0.148. The van der Waals surface area contributed by atoms with Crippen LogP contribution in [0.15, 0.2) is 12.2 Å². The van der Waals surface area contributed by atoms with Gasteiger partial charge in [0.05, 0.1) is 0 Å². The van der Waals surface area contributed by atoms with E-state index in [4.69, 9.17) is 9.47 Å². The normalized spacial score (nSPS) is 11.9. The van der Waals surface area contributed by atoms with Gasteiger partial charge in [-0.3, -0.25) is 0 Å². The summed E-state index contributed by atoms with van der Waals surface area (Å²) < 4.78 is 12.4. The first kappa shape index (κ1) is 35.1. The maximum absolute atomic E-state index is 6.20. The molecule has 0 rings (SSSR count). The Morgan fingerprint density at radius 1 is 0.486 bits per heavy atom. The second kappa shape index (κ2) is 32.2. The average molecular weight is 560 g/mol. The van der Waals surface area contributed by atoms with E-state index < -0.39 is 0 Å². The standard InChI is InChI=1S/C32H63BrO2/c1-3-5-7-9-18-22-26-30-34-32(35-31-27-23-19-10-8-6-4-2)28-24-20-16-14-12-11-13-15-17-21-25-29-33/h17,21,32H,3-16,18-20,22-31H2,1-2H3/b21-17+. The predicted molar refractivity (Wildman–Crippen MR) is 161 cm³/mol. The predicted octanol–water partition coefficient (Wildman–Crippen LogP) is 11.7. The fourth-order valence-electron chi connectivity index (χ4n) is 4.52. The zero-order valence-electron chi connectivity index (χ0n) is 24.0. The Hall–Kier alpha value is 0.140. The van der Waals surface area contributed by atoms with E-state index in [0.717, 1.165) is 31.4 Å². The van der Waals surface area contributed by atoms with Crippen molar-refractivity contribution in [3.8, 4) is 0 Å². The summed E-state index contributed by atoms with van der Waals surface area (Å²) in [7, 11) is 0. The van der Waals surface area contributed by atoms with Crippen LogP contribution in [-0.2, 0) is 9.47 Å². The zero-order valence-corrected chi connectivity index (χ0v) is 25.6. The second-order valence-corrected chi connectivity index (χ2v) is 11.2. The highest BCUT2D eigenvalue weighted by atomic mass is 79.9. The SMILES string of the molecule is CCCCCCCCCOC(CCCCCCCCC/C=C/CCBr)OCCCCCCCCC. The van der Waals surface area contributed by atoms with Crippen LogP contribution < -0.4 is 0 Å². The van der Waals surface area contributed by atoms with Gasteiger partial charge >= 0.3 is 0 Å². The van der Waals surface area contributed by atoms with E-state index in [0.29, 0.717) is 0 Å². The van der Waals surface area contributed by atoms with Crippen LogP contribution in [0.5, 0.6) is 0 Å². The Labute approximate surface area is 229 Å². The third-order valence-electron chi connectivity index (χ3n) is 6.86. The van der Waals surface area contributed by atoms with Crippen LogP contribution in [0.1, 0.15) is 168 Å². The largest absolute Gasteiger partial charge is 0.353 e. The zero-order chi connectivity index (χ0) is 25.5. The molecule has 0 aromatic carbocycles. The molecule has 2 nitrogen and oxygen atoms in total. The summed E-state index contributed by atoms with van der Waals surface area (Å²) in [6.07, 6.45) is 36.3. The van der Waals surface area contributed by atoms with Crippen molar-refractivity contribution in [2.45, 2.75) is 174 Å². The number of hydrogen-bond acceptors (Lipinski definition) is 2. The number of ether oxygens (including phenoxy) is 2. The first-order chi connectivity index (χ1) is 17.3. The minimum absolute atomic E-state index is 0.0292. The van der Waals surface area contributed by atoms with Crippen molar-refractivity contribution in [1.29, 1.82) is 0 Å². The van der Waals surface area contributed by atoms with Crippen LogP contribution in [0, 0.1) is 0 Å². The van der Waals surface area contributed by atoms with E-state index >= 15 is 0 Å². The Balaban J connectivity index is 3.85. The van der Waals surface area contributed by atoms with Gasteiger partial charge in [0.15, 0.2) is 6.29 Å². The number of unbranched alkanes of at least 4 members (excludes halogenated alkanes) is 19. The molecule has 0 aromatic heterocycles. The molecule has 210 valence electrons. The highest BCUT2D eigenvalue weighted by Gasteiger charge is 2.09. The number of rotatable bonds is 30. The summed E-state index contributed by atoms with van der Waals surface area (Å²) in [6.45, 7) is 6.32. The van der Waals surface area contributed by atoms with Gasteiger partial charge in [-0.05, 0) is 44.9 Å².